The van der Waals surface area contributed by atoms with Gasteiger partial charge >= 0.3 is 0 Å². The predicted octanol–water partition coefficient (Wildman–Crippen LogP) is 12.0. The van der Waals surface area contributed by atoms with E-state index in [1.807, 2.05) is 40.1 Å². The van der Waals surface area contributed by atoms with Crippen LogP contribution in [0.5, 0.6) is 0 Å². The van der Waals surface area contributed by atoms with Gasteiger partial charge in [0.1, 0.15) is 11.3 Å². The van der Waals surface area contributed by atoms with Gasteiger partial charge in [-0.05, 0) is 74.0 Å². The van der Waals surface area contributed by atoms with E-state index in [2.05, 4.69) is 83.1 Å². The summed E-state index contributed by atoms with van der Waals surface area (Å²) >= 11 is 0. The first-order valence-corrected chi connectivity index (χ1v) is 18.7. The Balaban J connectivity index is 0.000000312. The number of pyridine rings is 2. The summed E-state index contributed by atoms with van der Waals surface area (Å²) in [5, 5.41) is 13.3. The third-order valence-corrected chi connectivity index (χ3v) is 10.2. The fourth-order valence-corrected chi connectivity index (χ4v) is 7.24. The van der Waals surface area contributed by atoms with Crippen LogP contribution in [0, 0.1) is 23.8 Å². The van der Waals surface area contributed by atoms with Crippen LogP contribution in [-0.2, 0) is 49.6 Å². The number of ketones is 1. The number of nitrogens with zero attached hydrogens (tertiary/aromatic N) is 2. The number of aryl methyl sites for hydroxylation is 2. The standard InChI is InChI=1S/C32H31N2O.C13H24O2.Ir/c1-19(2)14-23-16-21-10-11-25-26-12-13-33-29(31(26)35-30(25)27(21)18-34-23)22-15-20-8-6-7-9-24(20)28(17-22)32(3,4)5;1-5-10(6-2)12(14)9-13(15)11(7-3)8-4;/h6-9,12-13,16-19H,10-11,14H2,1-5H3;9-11,14H,5-8H2,1-4H3;/q-1;;/b;12-9-;. The average Bonchev–Trinajstić information content (AvgIpc) is 3.48. The number of fused-ring (bicyclic) bond motifs is 6. The van der Waals surface area contributed by atoms with Crippen LogP contribution < -0.4 is 0 Å². The summed E-state index contributed by atoms with van der Waals surface area (Å²) in [6, 6.07) is 18.8. The second-order valence-corrected chi connectivity index (χ2v) is 15.3. The minimum atomic E-state index is -0.00193. The summed E-state index contributed by atoms with van der Waals surface area (Å²) in [6.45, 7) is 19.3. The molecule has 1 radical (unpaired) electrons. The molecule has 51 heavy (non-hydrogen) atoms. The molecule has 1 aliphatic carbocycles. The molecular formula is C45H55IrN2O3-. The van der Waals surface area contributed by atoms with Gasteiger partial charge in [-0.1, -0.05) is 91.5 Å². The van der Waals surface area contributed by atoms with Crippen LogP contribution in [-0.4, -0.2) is 20.9 Å². The van der Waals surface area contributed by atoms with E-state index in [4.69, 9.17) is 14.4 Å². The summed E-state index contributed by atoms with van der Waals surface area (Å²) in [5.74, 6) is 2.10. The Morgan fingerprint density at radius 2 is 1.63 bits per heavy atom. The number of hydrogen-bond acceptors (Lipinski definition) is 5. The Bertz CT molecular complexity index is 1990. The first-order valence-electron chi connectivity index (χ1n) is 18.7. The quantitative estimate of drug-likeness (QED) is 0.0860. The van der Waals surface area contributed by atoms with Gasteiger partial charge in [0, 0.05) is 78.3 Å². The number of rotatable bonds is 10. The average molecular weight is 864 g/mol. The van der Waals surface area contributed by atoms with Crippen molar-refractivity contribution in [2.24, 2.45) is 17.8 Å². The molecule has 3 aromatic heterocycles. The molecule has 6 rings (SSSR count). The molecule has 0 fully saturated rings. The molecule has 1 aliphatic rings. The molecule has 0 atom stereocenters. The SMILES string of the molecule is CC(C)Cc1cc2c(cn1)-c1oc3c(-c4[c-]c5ccccc5c(C(C)(C)C)c4)nccc3c1CC2.CCC(CC)C(=O)/C=C(\O)C(CC)CC.[Ir]. The summed E-state index contributed by atoms with van der Waals surface area (Å²) in [4.78, 5) is 21.3. The Morgan fingerprint density at radius 1 is 0.941 bits per heavy atom. The van der Waals surface area contributed by atoms with Crippen LogP contribution in [0.1, 0.15) is 110 Å². The van der Waals surface area contributed by atoms with Crippen molar-refractivity contribution in [2.75, 3.05) is 0 Å². The fourth-order valence-electron chi connectivity index (χ4n) is 7.24. The molecule has 0 saturated carbocycles. The molecule has 3 heterocycles. The van der Waals surface area contributed by atoms with Crippen molar-refractivity contribution in [3.63, 3.8) is 0 Å². The van der Waals surface area contributed by atoms with Crippen molar-refractivity contribution in [2.45, 2.75) is 113 Å². The van der Waals surface area contributed by atoms with Gasteiger partial charge in [-0.25, -0.2) is 0 Å². The first kappa shape index (κ1) is 40.2. The normalized spacial score (nSPS) is 12.9. The summed E-state index contributed by atoms with van der Waals surface area (Å²) in [6.07, 6.45) is 11.8. The molecule has 0 saturated heterocycles. The number of benzene rings is 2. The van der Waals surface area contributed by atoms with Crippen molar-refractivity contribution in [1.29, 1.82) is 0 Å². The number of carbonyl (C=O) groups excluding carboxylic acids is 1. The summed E-state index contributed by atoms with van der Waals surface area (Å²) in [7, 11) is 0. The third kappa shape index (κ3) is 8.90. The van der Waals surface area contributed by atoms with E-state index in [0.29, 0.717) is 5.92 Å². The maximum atomic E-state index is 11.7. The monoisotopic (exact) mass is 864 g/mol. The first-order chi connectivity index (χ1) is 23.9. The molecule has 5 aromatic rings. The molecule has 2 aromatic carbocycles. The van der Waals surface area contributed by atoms with E-state index >= 15 is 0 Å². The number of hydrogen-bond donors (Lipinski definition) is 1. The van der Waals surface area contributed by atoms with Gasteiger partial charge < -0.3 is 9.52 Å². The minimum absolute atomic E-state index is 0. The molecule has 1 N–H and O–H groups in total. The van der Waals surface area contributed by atoms with Crippen molar-refractivity contribution >= 4 is 27.5 Å². The number of carbonyl (C=O) groups is 1. The van der Waals surface area contributed by atoms with Crippen LogP contribution in [0.4, 0.5) is 0 Å². The molecule has 0 amide bonds. The zero-order valence-corrected chi connectivity index (χ0v) is 34.3. The minimum Gasteiger partial charge on any atom is -0.512 e. The number of allylic oxidation sites excluding steroid dienone is 2. The van der Waals surface area contributed by atoms with E-state index in [9.17, 15) is 9.90 Å². The Hall–Kier alpha value is -3.60. The van der Waals surface area contributed by atoms with Crippen LogP contribution in [0.25, 0.3) is 44.3 Å². The molecule has 6 heteroatoms. The molecule has 5 nitrogen and oxygen atoms in total. The second kappa shape index (κ2) is 17.3. The topological polar surface area (TPSA) is 76.2 Å². The summed E-state index contributed by atoms with van der Waals surface area (Å²) in [5.41, 5.74) is 8.88. The van der Waals surface area contributed by atoms with Gasteiger partial charge in [-0.2, -0.15) is 0 Å². The zero-order valence-electron chi connectivity index (χ0n) is 31.9. The predicted molar refractivity (Wildman–Crippen MR) is 208 cm³/mol. The maximum absolute atomic E-state index is 11.7. The molecule has 0 unspecified atom stereocenters. The van der Waals surface area contributed by atoms with Gasteiger partial charge in [0.25, 0.3) is 0 Å². The Morgan fingerprint density at radius 3 is 2.27 bits per heavy atom. The number of aliphatic hydroxyl groups excluding tert-OH is 1. The van der Waals surface area contributed by atoms with E-state index in [1.54, 1.807) is 0 Å². The molecule has 0 spiro atoms. The van der Waals surface area contributed by atoms with E-state index in [-0.39, 0.29) is 48.9 Å². The Labute approximate surface area is 318 Å². The maximum Gasteiger partial charge on any atom is 0.162 e. The smallest absolute Gasteiger partial charge is 0.162 e. The summed E-state index contributed by atoms with van der Waals surface area (Å²) < 4.78 is 6.64. The molecular weight excluding hydrogens is 809 g/mol. The van der Waals surface area contributed by atoms with Gasteiger partial charge in [-0.3, -0.25) is 14.8 Å². The van der Waals surface area contributed by atoms with Crippen LogP contribution in [0.3, 0.4) is 0 Å². The van der Waals surface area contributed by atoms with Crippen LogP contribution >= 0.6 is 0 Å². The van der Waals surface area contributed by atoms with Gasteiger partial charge in [0.15, 0.2) is 5.78 Å². The van der Waals surface area contributed by atoms with Gasteiger partial charge in [-0.15, -0.1) is 29.1 Å². The van der Waals surface area contributed by atoms with Gasteiger partial charge in [0.2, 0.25) is 0 Å². The van der Waals surface area contributed by atoms with E-state index in [0.717, 1.165) is 83.9 Å². The van der Waals surface area contributed by atoms with Crippen LogP contribution in [0.15, 0.2) is 71.1 Å². The fraction of sp³-hybridized carbons (Fsp3) is 0.444. The van der Waals surface area contributed by atoms with Crippen molar-refractivity contribution in [3.8, 4) is 22.6 Å². The van der Waals surface area contributed by atoms with Crippen molar-refractivity contribution in [3.05, 3.63) is 95.1 Å². The van der Waals surface area contributed by atoms with Gasteiger partial charge in [0.05, 0.1) is 5.76 Å². The van der Waals surface area contributed by atoms with Crippen molar-refractivity contribution in [1.82, 2.24) is 9.97 Å². The third-order valence-electron chi connectivity index (χ3n) is 10.2. The largest absolute Gasteiger partial charge is 0.512 e. The second-order valence-electron chi connectivity index (χ2n) is 15.3. The molecule has 0 bridgehead atoms. The molecule has 0 aliphatic heterocycles. The molecule has 273 valence electrons. The van der Waals surface area contributed by atoms with Crippen LogP contribution in [0.2, 0.25) is 0 Å². The van der Waals surface area contributed by atoms with E-state index < -0.39 is 0 Å². The zero-order chi connectivity index (χ0) is 36.2. The Kier molecular flexibility index (Phi) is 13.6. The number of aromatic nitrogens is 2. The van der Waals surface area contributed by atoms with Crippen molar-refractivity contribution < 1.29 is 34.4 Å². The number of furan rings is 1. The van der Waals surface area contributed by atoms with E-state index in [1.165, 1.54) is 33.8 Å². The number of aliphatic hydroxyl groups is 1.